The monoisotopic (exact) mass is 236 g/mol. The Kier molecular flexibility index (Phi) is 5.36. The highest BCUT2D eigenvalue weighted by Gasteiger charge is 2.17. The van der Waals surface area contributed by atoms with Crippen LogP contribution in [0.3, 0.4) is 0 Å². The molecule has 0 aliphatic heterocycles. The van der Waals surface area contributed by atoms with E-state index in [4.69, 9.17) is 5.73 Å². The Balaban J connectivity index is 2.69. The third-order valence-corrected chi connectivity index (χ3v) is 2.50. The van der Waals surface area contributed by atoms with E-state index in [-0.39, 0.29) is 30.6 Å². The van der Waals surface area contributed by atoms with Gasteiger partial charge in [-0.3, -0.25) is 4.79 Å². The van der Waals surface area contributed by atoms with E-state index in [1.165, 1.54) is 6.07 Å². The number of hydrogen-bond acceptors (Lipinski definition) is 2. The molecule has 0 aliphatic carbocycles. The summed E-state index contributed by atoms with van der Waals surface area (Å²) in [4.78, 5) is 11.5. The molecule has 0 spiro atoms. The van der Waals surface area contributed by atoms with Crippen LogP contribution in [0, 0.1) is 5.82 Å². The molecule has 3 nitrogen and oxygen atoms in total. The van der Waals surface area contributed by atoms with Gasteiger partial charge < -0.3 is 11.1 Å². The number of carbonyl (C=O) groups excluding carboxylic acids is 1. The fourth-order valence-electron chi connectivity index (χ4n) is 1.61. The van der Waals surface area contributed by atoms with Crippen LogP contribution in [-0.2, 0) is 4.79 Å². The maximum absolute atomic E-state index is 13.5. The number of nitrogens with one attached hydrogen (secondary N) is 1. The van der Waals surface area contributed by atoms with Gasteiger partial charge in [0.25, 0.3) is 0 Å². The van der Waals surface area contributed by atoms with Crippen LogP contribution >= 0.6 is 0 Å². The molecule has 0 aromatic heterocycles. The van der Waals surface area contributed by atoms with Crippen molar-refractivity contribution in [1.82, 2.24) is 5.32 Å². The van der Waals surface area contributed by atoms with E-state index in [9.17, 15) is 9.18 Å². The van der Waals surface area contributed by atoms with Crippen LogP contribution in [0.15, 0.2) is 36.9 Å². The van der Waals surface area contributed by atoms with Crippen molar-refractivity contribution in [1.29, 1.82) is 0 Å². The lowest BCUT2D eigenvalue weighted by Gasteiger charge is -2.15. The first kappa shape index (κ1) is 13.4. The standard InChI is InChI=1S/C13H17FN2O/c1-2-7-16-13(17)8-10(9-15)11-5-3-4-6-12(11)14/h2-6,10H,1,7-9,15H2,(H,16,17). The van der Waals surface area contributed by atoms with Gasteiger partial charge in [-0.25, -0.2) is 4.39 Å². The smallest absolute Gasteiger partial charge is 0.220 e. The molecular weight excluding hydrogens is 219 g/mol. The van der Waals surface area contributed by atoms with Crippen LogP contribution in [-0.4, -0.2) is 19.0 Å². The summed E-state index contributed by atoms with van der Waals surface area (Å²) in [5.74, 6) is -0.760. The summed E-state index contributed by atoms with van der Waals surface area (Å²) in [6.45, 7) is 4.15. The third-order valence-electron chi connectivity index (χ3n) is 2.50. The molecule has 3 N–H and O–H groups in total. The molecule has 1 amide bonds. The average molecular weight is 236 g/mol. The minimum Gasteiger partial charge on any atom is -0.353 e. The largest absolute Gasteiger partial charge is 0.353 e. The van der Waals surface area contributed by atoms with Gasteiger partial charge >= 0.3 is 0 Å². The highest BCUT2D eigenvalue weighted by Crippen LogP contribution is 2.21. The first-order valence-corrected chi connectivity index (χ1v) is 5.51. The second-order valence-corrected chi connectivity index (χ2v) is 3.75. The van der Waals surface area contributed by atoms with E-state index in [0.29, 0.717) is 12.1 Å². The van der Waals surface area contributed by atoms with Crippen LogP contribution < -0.4 is 11.1 Å². The van der Waals surface area contributed by atoms with Gasteiger partial charge in [0, 0.05) is 18.9 Å². The fourth-order valence-corrected chi connectivity index (χ4v) is 1.61. The zero-order chi connectivity index (χ0) is 12.7. The molecule has 0 radical (unpaired) electrons. The SMILES string of the molecule is C=CCNC(=O)CC(CN)c1ccccc1F. The predicted octanol–water partition coefficient (Wildman–Crippen LogP) is 1.56. The highest BCUT2D eigenvalue weighted by atomic mass is 19.1. The molecule has 1 aromatic carbocycles. The van der Waals surface area contributed by atoms with Gasteiger partial charge in [0.1, 0.15) is 5.82 Å². The zero-order valence-electron chi connectivity index (χ0n) is 9.66. The van der Waals surface area contributed by atoms with Crippen molar-refractivity contribution in [2.75, 3.05) is 13.1 Å². The lowest BCUT2D eigenvalue weighted by atomic mass is 9.95. The van der Waals surface area contributed by atoms with Crippen LogP contribution in [0.4, 0.5) is 4.39 Å². The Labute approximate surface area is 101 Å². The summed E-state index contributed by atoms with van der Waals surface area (Å²) in [6, 6.07) is 6.39. The van der Waals surface area contributed by atoms with Gasteiger partial charge in [0.05, 0.1) is 0 Å². The lowest BCUT2D eigenvalue weighted by molar-refractivity contribution is -0.121. The number of halogens is 1. The van der Waals surface area contributed by atoms with Crippen molar-refractivity contribution in [2.45, 2.75) is 12.3 Å². The zero-order valence-corrected chi connectivity index (χ0v) is 9.66. The first-order chi connectivity index (χ1) is 8.19. The Morgan fingerprint density at radius 2 is 2.24 bits per heavy atom. The van der Waals surface area contributed by atoms with Crippen LogP contribution in [0.1, 0.15) is 17.9 Å². The highest BCUT2D eigenvalue weighted by molar-refractivity contribution is 5.77. The Hall–Kier alpha value is -1.68. The molecule has 92 valence electrons. The van der Waals surface area contributed by atoms with E-state index in [2.05, 4.69) is 11.9 Å². The van der Waals surface area contributed by atoms with E-state index in [0.717, 1.165) is 0 Å². The topological polar surface area (TPSA) is 55.1 Å². The number of hydrogen-bond donors (Lipinski definition) is 2. The lowest BCUT2D eigenvalue weighted by Crippen LogP contribution is -2.27. The van der Waals surface area contributed by atoms with Gasteiger partial charge in [-0.2, -0.15) is 0 Å². The normalized spacial score (nSPS) is 11.9. The summed E-state index contributed by atoms with van der Waals surface area (Å²) in [5, 5.41) is 2.65. The Morgan fingerprint density at radius 3 is 2.82 bits per heavy atom. The molecule has 1 aromatic rings. The third kappa shape index (κ3) is 4.00. The van der Waals surface area contributed by atoms with Crippen LogP contribution in [0.2, 0.25) is 0 Å². The Bertz CT molecular complexity index is 393. The summed E-state index contributed by atoms with van der Waals surface area (Å²) in [6.07, 6.45) is 1.78. The van der Waals surface area contributed by atoms with Crippen molar-refractivity contribution in [2.24, 2.45) is 5.73 Å². The molecule has 0 fully saturated rings. The van der Waals surface area contributed by atoms with Crippen LogP contribution in [0.25, 0.3) is 0 Å². The van der Waals surface area contributed by atoms with Gasteiger partial charge in [-0.1, -0.05) is 24.3 Å². The molecule has 1 unspecified atom stereocenters. The second-order valence-electron chi connectivity index (χ2n) is 3.75. The van der Waals surface area contributed by atoms with E-state index < -0.39 is 0 Å². The van der Waals surface area contributed by atoms with Crippen molar-refractivity contribution in [3.05, 3.63) is 48.3 Å². The number of amides is 1. The molecule has 0 bridgehead atoms. The molecule has 17 heavy (non-hydrogen) atoms. The minimum absolute atomic E-state index is 0.149. The number of benzene rings is 1. The molecule has 0 heterocycles. The van der Waals surface area contributed by atoms with Crippen LogP contribution in [0.5, 0.6) is 0 Å². The number of rotatable bonds is 6. The maximum Gasteiger partial charge on any atom is 0.220 e. The van der Waals surface area contributed by atoms with Crippen molar-refractivity contribution >= 4 is 5.91 Å². The van der Waals surface area contributed by atoms with E-state index >= 15 is 0 Å². The molecule has 1 atom stereocenters. The van der Waals surface area contributed by atoms with E-state index in [1.807, 2.05) is 0 Å². The van der Waals surface area contributed by atoms with E-state index in [1.54, 1.807) is 24.3 Å². The summed E-state index contributed by atoms with van der Waals surface area (Å²) >= 11 is 0. The molecule has 0 saturated heterocycles. The average Bonchev–Trinajstić information content (AvgIpc) is 2.34. The van der Waals surface area contributed by atoms with Gasteiger partial charge in [-0.05, 0) is 18.2 Å². The molecule has 0 aliphatic rings. The van der Waals surface area contributed by atoms with Crippen molar-refractivity contribution in [3.8, 4) is 0 Å². The number of nitrogens with two attached hydrogens (primary N) is 1. The molecule has 0 saturated carbocycles. The first-order valence-electron chi connectivity index (χ1n) is 5.51. The minimum atomic E-state index is -0.320. The summed E-state index contributed by atoms with van der Waals surface area (Å²) in [5.41, 5.74) is 6.07. The van der Waals surface area contributed by atoms with Crippen molar-refractivity contribution in [3.63, 3.8) is 0 Å². The van der Waals surface area contributed by atoms with Gasteiger partial charge in [-0.15, -0.1) is 6.58 Å². The quantitative estimate of drug-likeness (QED) is 0.736. The van der Waals surface area contributed by atoms with Gasteiger partial charge in [0.2, 0.25) is 5.91 Å². The molecule has 4 heteroatoms. The molecule has 1 rings (SSSR count). The second kappa shape index (κ2) is 6.81. The van der Waals surface area contributed by atoms with Gasteiger partial charge in [0.15, 0.2) is 0 Å². The fraction of sp³-hybridized carbons (Fsp3) is 0.308. The predicted molar refractivity (Wildman–Crippen MR) is 66.0 cm³/mol. The van der Waals surface area contributed by atoms with Crippen molar-refractivity contribution < 1.29 is 9.18 Å². The Morgan fingerprint density at radius 1 is 1.53 bits per heavy atom. The summed E-state index contributed by atoms with van der Waals surface area (Å²) < 4.78 is 13.5. The maximum atomic E-state index is 13.5. The molecular formula is C13H17FN2O. The summed E-state index contributed by atoms with van der Waals surface area (Å²) in [7, 11) is 0. The number of carbonyl (C=O) groups is 1.